The highest BCUT2D eigenvalue weighted by Gasteiger charge is 2.09. The van der Waals surface area contributed by atoms with Crippen LogP contribution in [0.25, 0.3) is 11.1 Å². The van der Waals surface area contributed by atoms with Crippen LogP contribution in [0, 0.1) is 6.92 Å². The third kappa shape index (κ3) is 1.84. The second-order valence-electron chi connectivity index (χ2n) is 4.41. The SMILES string of the molecule is Cc1cccc2nc(Cc3ccccc3N)oc12. The molecular formula is C15H14N2O. The highest BCUT2D eigenvalue weighted by atomic mass is 16.3. The van der Waals surface area contributed by atoms with Crippen LogP contribution in [0.5, 0.6) is 0 Å². The molecule has 2 aromatic carbocycles. The number of aryl methyl sites for hydroxylation is 1. The zero-order valence-electron chi connectivity index (χ0n) is 10.2. The highest BCUT2D eigenvalue weighted by Crippen LogP contribution is 2.22. The number of nitrogens with zero attached hydrogens (tertiary/aromatic N) is 1. The van der Waals surface area contributed by atoms with Gasteiger partial charge in [0.15, 0.2) is 11.5 Å². The van der Waals surface area contributed by atoms with Gasteiger partial charge in [0.25, 0.3) is 0 Å². The number of nitrogen functional groups attached to an aromatic ring is 1. The molecule has 3 nitrogen and oxygen atoms in total. The third-order valence-electron chi connectivity index (χ3n) is 3.05. The molecule has 3 rings (SSSR count). The van der Waals surface area contributed by atoms with Crippen LogP contribution in [0.3, 0.4) is 0 Å². The van der Waals surface area contributed by atoms with Crippen LogP contribution in [0.15, 0.2) is 46.9 Å². The molecule has 0 aliphatic carbocycles. The lowest BCUT2D eigenvalue weighted by Gasteiger charge is -2.01. The van der Waals surface area contributed by atoms with Gasteiger partial charge in [-0.15, -0.1) is 0 Å². The molecule has 3 heteroatoms. The Morgan fingerprint density at radius 2 is 1.94 bits per heavy atom. The number of benzene rings is 2. The van der Waals surface area contributed by atoms with Gasteiger partial charge in [0.2, 0.25) is 0 Å². The normalized spacial score (nSPS) is 10.9. The highest BCUT2D eigenvalue weighted by molar-refractivity contribution is 5.76. The first kappa shape index (κ1) is 10.8. The molecule has 0 saturated heterocycles. The lowest BCUT2D eigenvalue weighted by molar-refractivity contribution is 0.542. The molecule has 0 radical (unpaired) electrons. The van der Waals surface area contributed by atoms with Gasteiger partial charge in [-0.25, -0.2) is 4.98 Å². The minimum absolute atomic E-state index is 0.626. The fourth-order valence-electron chi connectivity index (χ4n) is 2.07. The molecule has 0 bridgehead atoms. The maximum Gasteiger partial charge on any atom is 0.199 e. The molecular weight excluding hydrogens is 224 g/mol. The van der Waals surface area contributed by atoms with Crippen molar-refractivity contribution < 1.29 is 4.42 Å². The Bertz CT molecular complexity index is 701. The predicted octanol–water partition coefficient (Wildman–Crippen LogP) is 3.31. The van der Waals surface area contributed by atoms with Crippen LogP contribution in [-0.2, 0) is 6.42 Å². The Labute approximate surface area is 105 Å². The summed E-state index contributed by atoms with van der Waals surface area (Å²) >= 11 is 0. The number of para-hydroxylation sites is 2. The van der Waals surface area contributed by atoms with Crippen LogP contribution in [0.2, 0.25) is 0 Å². The van der Waals surface area contributed by atoms with Crippen molar-refractivity contribution in [3.63, 3.8) is 0 Å². The lowest BCUT2D eigenvalue weighted by Crippen LogP contribution is -1.95. The summed E-state index contributed by atoms with van der Waals surface area (Å²) in [6.45, 7) is 2.02. The van der Waals surface area contributed by atoms with Crippen LogP contribution in [0.4, 0.5) is 5.69 Å². The Kier molecular flexibility index (Phi) is 2.52. The third-order valence-corrected chi connectivity index (χ3v) is 3.05. The molecule has 18 heavy (non-hydrogen) atoms. The molecule has 1 aromatic heterocycles. The monoisotopic (exact) mass is 238 g/mol. The largest absolute Gasteiger partial charge is 0.440 e. The molecule has 0 amide bonds. The first-order valence-corrected chi connectivity index (χ1v) is 5.92. The van der Waals surface area contributed by atoms with E-state index in [4.69, 9.17) is 10.2 Å². The van der Waals surface area contributed by atoms with E-state index in [1.54, 1.807) is 0 Å². The molecule has 2 N–H and O–H groups in total. The second kappa shape index (κ2) is 4.18. The molecule has 0 fully saturated rings. The van der Waals surface area contributed by atoms with Crippen molar-refractivity contribution in [3.8, 4) is 0 Å². The zero-order chi connectivity index (χ0) is 12.5. The molecule has 0 aliphatic rings. The predicted molar refractivity (Wildman–Crippen MR) is 72.4 cm³/mol. The minimum atomic E-state index is 0.626. The van der Waals surface area contributed by atoms with E-state index in [-0.39, 0.29) is 0 Å². The van der Waals surface area contributed by atoms with Gasteiger partial charge >= 0.3 is 0 Å². The molecule has 3 aromatic rings. The lowest BCUT2D eigenvalue weighted by atomic mass is 10.1. The summed E-state index contributed by atoms with van der Waals surface area (Å²) in [5.74, 6) is 0.706. The Morgan fingerprint density at radius 1 is 1.11 bits per heavy atom. The van der Waals surface area contributed by atoms with Gasteiger partial charge < -0.3 is 10.2 Å². The van der Waals surface area contributed by atoms with Gasteiger partial charge in [-0.05, 0) is 30.2 Å². The van der Waals surface area contributed by atoms with Gasteiger partial charge in [0.05, 0.1) is 6.42 Å². The van der Waals surface area contributed by atoms with Crippen molar-refractivity contribution in [2.75, 3.05) is 5.73 Å². The molecule has 1 heterocycles. The maximum atomic E-state index is 5.92. The van der Waals surface area contributed by atoms with Gasteiger partial charge in [-0.3, -0.25) is 0 Å². The Balaban J connectivity index is 2.01. The summed E-state index contributed by atoms with van der Waals surface area (Å²) in [5, 5.41) is 0. The average molecular weight is 238 g/mol. The Hall–Kier alpha value is -2.29. The molecule has 0 spiro atoms. The summed E-state index contributed by atoms with van der Waals surface area (Å²) in [5.41, 5.74) is 10.6. The molecule has 0 unspecified atom stereocenters. The van der Waals surface area contributed by atoms with E-state index in [9.17, 15) is 0 Å². The summed E-state index contributed by atoms with van der Waals surface area (Å²) < 4.78 is 5.79. The molecule has 0 aliphatic heterocycles. The second-order valence-corrected chi connectivity index (χ2v) is 4.41. The standard InChI is InChI=1S/C15H14N2O/c1-10-5-4-8-13-15(10)18-14(17-13)9-11-6-2-3-7-12(11)16/h2-8H,9,16H2,1H3. The van der Waals surface area contributed by atoms with E-state index in [2.05, 4.69) is 4.98 Å². The van der Waals surface area contributed by atoms with E-state index in [0.29, 0.717) is 12.3 Å². The smallest absolute Gasteiger partial charge is 0.199 e. The maximum absolute atomic E-state index is 5.92. The van der Waals surface area contributed by atoms with Gasteiger partial charge in [-0.2, -0.15) is 0 Å². The number of nitrogens with two attached hydrogens (primary N) is 1. The van der Waals surface area contributed by atoms with Gasteiger partial charge in [0, 0.05) is 5.69 Å². The first-order chi connectivity index (χ1) is 8.74. The van der Waals surface area contributed by atoms with Crippen molar-refractivity contribution in [3.05, 3.63) is 59.5 Å². The fourth-order valence-corrected chi connectivity index (χ4v) is 2.07. The van der Waals surface area contributed by atoms with Crippen molar-refractivity contribution in [1.29, 1.82) is 0 Å². The summed E-state index contributed by atoms with van der Waals surface area (Å²) in [7, 11) is 0. The van der Waals surface area contributed by atoms with E-state index < -0.39 is 0 Å². The zero-order valence-corrected chi connectivity index (χ0v) is 10.2. The average Bonchev–Trinajstić information content (AvgIpc) is 2.76. The van der Waals surface area contributed by atoms with Crippen molar-refractivity contribution in [1.82, 2.24) is 4.98 Å². The summed E-state index contributed by atoms with van der Waals surface area (Å²) in [6.07, 6.45) is 0.626. The van der Waals surface area contributed by atoms with Gasteiger partial charge in [-0.1, -0.05) is 30.3 Å². The van der Waals surface area contributed by atoms with E-state index >= 15 is 0 Å². The summed E-state index contributed by atoms with van der Waals surface area (Å²) in [6, 6.07) is 13.8. The van der Waals surface area contributed by atoms with Gasteiger partial charge in [0.1, 0.15) is 5.52 Å². The van der Waals surface area contributed by atoms with Crippen molar-refractivity contribution in [2.45, 2.75) is 13.3 Å². The van der Waals surface area contributed by atoms with E-state index in [1.165, 1.54) is 0 Å². The topological polar surface area (TPSA) is 52.0 Å². The summed E-state index contributed by atoms with van der Waals surface area (Å²) in [4.78, 5) is 4.49. The number of oxazole rings is 1. The minimum Gasteiger partial charge on any atom is -0.440 e. The van der Waals surface area contributed by atoms with Crippen LogP contribution < -0.4 is 5.73 Å². The van der Waals surface area contributed by atoms with Crippen molar-refractivity contribution >= 4 is 16.8 Å². The molecule has 90 valence electrons. The Morgan fingerprint density at radius 3 is 2.72 bits per heavy atom. The fraction of sp³-hybridized carbons (Fsp3) is 0.133. The number of anilines is 1. The first-order valence-electron chi connectivity index (χ1n) is 5.92. The number of aromatic nitrogens is 1. The molecule has 0 atom stereocenters. The van der Waals surface area contributed by atoms with E-state index in [1.807, 2.05) is 49.4 Å². The van der Waals surface area contributed by atoms with Crippen LogP contribution >= 0.6 is 0 Å². The van der Waals surface area contributed by atoms with Crippen LogP contribution in [-0.4, -0.2) is 4.98 Å². The number of hydrogen-bond donors (Lipinski definition) is 1. The molecule has 0 saturated carbocycles. The van der Waals surface area contributed by atoms with Crippen LogP contribution in [0.1, 0.15) is 17.0 Å². The number of hydrogen-bond acceptors (Lipinski definition) is 3. The number of fused-ring (bicyclic) bond motifs is 1. The number of rotatable bonds is 2. The quantitative estimate of drug-likeness (QED) is 0.697. The van der Waals surface area contributed by atoms with Crippen molar-refractivity contribution in [2.24, 2.45) is 0 Å². The van der Waals surface area contributed by atoms with E-state index in [0.717, 1.165) is 27.9 Å².